The van der Waals surface area contributed by atoms with Crippen molar-refractivity contribution >= 4 is 29.1 Å². The zero-order valence-corrected chi connectivity index (χ0v) is 11.1. The van der Waals surface area contributed by atoms with Crippen molar-refractivity contribution in [3.8, 4) is 0 Å². The van der Waals surface area contributed by atoms with Crippen molar-refractivity contribution in [2.75, 3.05) is 5.32 Å². The Hall–Kier alpha value is -2.07. The number of hydrogen-bond acceptors (Lipinski definition) is 3. The van der Waals surface area contributed by atoms with E-state index in [0.717, 1.165) is 12.1 Å². The van der Waals surface area contributed by atoms with Crippen molar-refractivity contribution in [2.45, 2.75) is 13.3 Å². The molecule has 2 rings (SSSR count). The molecule has 0 atom stereocenters. The molecule has 98 valence electrons. The van der Waals surface area contributed by atoms with Gasteiger partial charge in [0.05, 0.1) is 10.6 Å². The van der Waals surface area contributed by atoms with E-state index in [9.17, 15) is 4.79 Å². The predicted molar refractivity (Wildman–Crippen MR) is 75.3 cm³/mol. The summed E-state index contributed by atoms with van der Waals surface area (Å²) < 4.78 is 0. The maximum Gasteiger partial charge on any atom is 0.337 e. The number of carbonyl (C=O) groups is 1. The van der Waals surface area contributed by atoms with Crippen LogP contribution in [0.5, 0.6) is 0 Å². The fraction of sp³-hybridized carbons (Fsp3) is 0.143. The van der Waals surface area contributed by atoms with E-state index in [-0.39, 0.29) is 10.6 Å². The number of rotatable bonds is 4. The van der Waals surface area contributed by atoms with Gasteiger partial charge in [-0.1, -0.05) is 30.7 Å². The molecule has 0 aliphatic carbocycles. The lowest BCUT2D eigenvalue weighted by molar-refractivity contribution is 0.0696. The molecule has 0 saturated carbocycles. The van der Waals surface area contributed by atoms with Crippen molar-refractivity contribution < 1.29 is 9.90 Å². The van der Waals surface area contributed by atoms with Crippen molar-refractivity contribution in [2.24, 2.45) is 0 Å². The van der Waals surface area contributed by atoms with E-state index in [1.54, 1.807) is 0 Å². The molecule has 0 aliphatic heterocycles. The Kier molecular flexibility index (Phi) is 4.02. The number of aromatic nitrogens is 1. The van der Waals surface area contributed by atoms with Gasteiger partial charge in [-0.15, -0.1) is 0 Å². The number of aromatic carboxylic acids is 1. The zero-order chi connectivity index (χ0) is 13.8. The molecule has 19 heavy (non-hydrogen) atoms. The van der Waals surface area contributed by atoms with Crippen LogP contribution in [0.3, 0.4) is 0 Å². The first kappa shape index (κ1) is 13.4. The van der Waals surface area contributed by atoms with Gasteiger partial charge in [-0.2, -0.15) is 0 Å². The maximum atomic E-state index is 10.8. The van der Waals surface area contributed by atoms with Gasteiger partial charge in [0.1, 0.15) is 5.82 Å². The molecule has 1 aromatic carbocycles. The first-order valence-corrected chi connectivity index (χ1v) is 6.22. The lowest BCUT2D eigenvalue weighted by Crippen LogP contribution is -2.00. The second-order valence-corrected chi connectivity index (χ2v) is 4.45. The molecule has 5 heteroatoms. The third-order valence-corrected chi connectivity index (χ3v) is 2.97. The highest BCUT2D eigenvalue weighted by Crippen LogP contribution is 2.24. The first-order valence-electron chi connectivity index (χ1n) is 5.85. The highest BCUT2D eigenvalue weighted by atomic mass is 35.5. The Balaban J connectivity index is 2.25. The molecule has 2 aromatic rings. The monoisotopic (exact) mass is 276 g/mol. The molecule has 1 aromatic heterocycles. The SMILES string of the molecule is CCc1cccc(Nc2ncc(C(=O)O)cc2Cl)c1. The summed E-state index contributed by atoms with van der Waals surface area (Å²) in [6, 6.07) is 9.27. The molecule has 0 aliphatic rings. The van der Waals surface area contributed by atoms with E-state index in [1.165, 1.54) is 17.8 Å². The van der Waals surface area contributed by atoms with Crippen LogP contribution in [0.4, 0.5) is 11.5 Å². The summed E-state index contributed by atoms with van der Waals surface area (Å²) in [6.45, 7) is 2.08. The largest absolute Gasteiger partial charge is 0.478 e. The fourth-order valence-corrected chi connectivity index (χ4v) is 1.87. The Labute approximate surface area is 116 Å². The van der Waals surface area contributed by atoms with Crippen molar-refractivity contribution in [1.82, 2.24) is 4.98 Å². The number of pyridine rings is 1. The van der Waals surface area contributed by atoms with Crippen molar-refractivity contribution in [3.63, 3.8) is 0 Å². The van der Waals surface area contributed by atoms with Gasteiger partial charge in [0.15, 0.2) is 0 Å². The molecular formula is C14H13ClN2O2. The van der Waals surface area contributed by atoms with E-state index in [0.29, 0.717) is 5.82 Å². The summed E-state index contributed by atoms with van der Waals surface area (Å²) in [5, 5.41) is 12.2. The van der Waals surface area contributed by atoms with Crippen LogP contribution in [0.1, 0.15) is 22.8 Å². The van der Waals surface area contributed by atoms with E-state index in [2.05, 4.69) is 17.2 Å². The van der Waals surface area contributed by atoms with Crippen LogP contribution in [0.15, 0.2) is 36.5 Å². The van der Waals surface area contributed by atoms with Crippen molar-refractivity contribution in [3.05, 3.63) is 52.7 Å². The lowest BCUT2D eigenvalue weighted by Gasteiger charge is -2.09. The molecule has 2 N–H and O–H groups in total. The van der Waals surface area contributed by atoms with Crippen LogP contribution in [-0.4, -0.2) is 16.1 Å². The predicted octanol–water partition coefficient (Wildman–Crippen LogP) is 3.74. The van der Waals surface area contributed by atoms with Crippen LogP contribution in [0.2, 0.25) is 5.02 Å². The summed E-state index contributed by atoms with van der Waals surface area (Å²) in [7, 11) is 0. The number of carboxylic acid groups (broad SMARTS) is 1. The molecule has 0 unspecified atom stereocenters. The Morgan fingerprint density at radius 1 is 1.42 bits per heavy atom. The highest BCUT2D eigenvalue weighted by molar-refractivity contribution is 6.33. The van der Waals surface area contributed by atoms with Gasteiger partial charge in [0.2, 0.25) is 0 Å². The average Bonchev–Trinajstić information content (AvgIpc) is 2.41. The minimum absolute atomic E-state index is 0.0675. The smallest absolute Gasteiger partial charge is 0.337 e. The summed E-state index contributed by atoms with van der Waals surface area (Å²) in [5.41, 5.74) is 2.14. The Bertz CT molecular complexity index is 614. The van der Waals surface area contributed by atoms with Crippen molar-refractivity contribution in [1.29, 1.82) is 0 Å². The normalized spacial score (nSPS) is 10.2. The number of hydrogen-bond donors (Lipinski definition) is 2. The second-order valence-electron chi connectivity index (χ2n) is 4.04. The number of aryl methyl sites for hydroxylation is 1. The summed E-state index contributed by atoms with van der Waals surface area (Å²) in [4.78, 5) is 14.8. The number of anilines is 2. The topological polar surface area (TPSA) is 62.2 Å². The van der Waals surface area contributed by atoms with Crippen LogP contribution in [0, 0.1) is 0 Å². The summed E-state index contributed by atoms with van der Waals surface area (Å²) in [6.07, 6.45) is 2.22. The number of carboxylic acids is 1. The van der Waals surface area contributed by atoms with Gasteiger partial charge in [-0.3, -0.25) is 0 Å². The third kappa shape index (κ3) is 3.23. The van der Waals surface area contributed by atoms with Crippen LogP contribution in [0.25, 0.3) is 0 Å². The van der Waals surface area contributed by atoms with Crippen LogP contribution >= 0.6 is 11.6 Å². The minimum atomic E-state index is -1.05. The van der Waals surface area contributed by atoms with Gasteiger partial charge in [-0.25, -0.2) is 9.78 Å². The Morgan fingerprint density at radius 3 is 2.84 bits per heavy atom. The second kappa shape index (κ2) is 5.71. The average molecular weight is 277 g/mol. The third-order valence-electron chi connectivity index (χ3n) is 2.69. The molecule has 1 heterocycles. The molecule has 4 nitrogen and oxygen atoms in total. The number of nitrogens with zero attached hydrogens (tertiary/aromatic N) is 1. The van der Waals surface area contributed by atoms with E-state index in [4.69, 9.17) is 16.7 Å². The van der Waals surface area contributed by atoms with Crippen LogP contribution < -0.4 is 5.32 Å². The van der Waals surface area contributed by atoms with E-state index < -0.39 is 5.97 Å². The number of benzene rings is 1. The van der Waals surface area contributed by atoms with Crippen LogP contribution in [-0.2, 0) is 6.42 Å². The summed E-state index contributed by atoms with van der Waals surface area (Å²) in [5.74, 6) is -0.603. The first-order chi connectivity index (χ1) is 9.10. The number of nitrogens with one attached hydrogen (secondary N) is 1. The highest BCUT2D eigenvalue weighted by Gasteiger charge is 2.08. The fourth-order valence-electron chi connectivity index (χ4n) is 1.65. The molecule has 0 fully saturated rings. The molecule has 0 saturated heterocycles. The van der Waals surface area contributed by atoms with Gasteiger partial charge in [-0.05, 0) is 30.2 Å². The lowest BCUT2D eigenvalue weighted by atomic mass is 10.1. The van der Waals surface area contributed by atoms with Gasteiger partial charge in [0, 0.05) is 11.9 Å². The van der Waals surface area contributed by atoms with Gasteiger partial charge >= 0.3 is 5.97 Å². The standard InChI is InChI=1S/C14H13ClN2O2/c1-2-9-4-3-5-11(6-9)17-13-12(15)7-10(8-16-13)14(18)19/h3-8H,2H2,1H3,(H,16,17)(H,18,19). The Morgan fingerprint density at radius 2 is 2.21 bits per heavy atom. The molecule has 0 amide bonds. The molecule has 0 radical (unpaired) electrons. The van der Waals surface area contributed by atoms with E-state index >= 15 is 0 Å². The maximum absolute atomic E-state index is 10.8. The minimum Gasteiger partial charge on any atom is -0.478 e. The molecule has 0 spiro atoms. The number of halogens is 1. The van der Waals surface area contributed by atoms with E-state index in [1.807, 2.05) is 24.3 Å². The molecule has 0 bridgehead atoms. The summed E-state index contributed by atoms with van der Waals surface area (Å²) >= 11 is 6.01. The van der Waals surface area contributed by atoms with Gasteiger partial charge in [0.25, 0.3) is 0 Å². The molecular weight excluding hydrogens is 264 g/mol. The van der Waals surface area contributed by atoms with Gasteiger partial charge < -0.3 is 10.4 Å². The quantitative estimate of drug-likeness (QED) is 0.893. The zero-order valence-electron chi connectivity index (χ0n) is 10.4.